The van der Waals surface area contributed by atoms with Crippen molar-refractivity contribution in [1.82, 2.24) is 9.55 Å². The maximum absolute atomic E-state index is 5.52. The first-order valence-electron chi connectivity index (χ1n) is 5.65. The predicted molar refractivity (Wildman–Crippen MR) is 70.5 cm³/mol. The van der Waals surface area contributed by atoms with E-state index in [-0.39, 0.29) is 0 Å². The summed E-state index contributed by atoms with van der Waals surface area (Å²) in [4.78, 5) is 3.95. The van der Waals surface area contributed by atoms with E-state index in [0.29, 0.717) is 5.82 Å². The highest BCUT2D eigenvalue weighted by Gasteiger charge is 1.98. The second kappa shape index (κ2) is 6.58. The van der Waals surface area contributed by atoms with Gasteiger partial charge in [-0.3, -0.25) is 0 Å². The molecule has 4 nitrogen and oxygen atoms in total. The summed E-state index contributed by atoms with van der Waals surface area (Å²) in [5, 5.41) is 0. The monoisotopic (exact) mass is 233 g/mol. The second-order valence-electron chi connectivity index (χ2n) is 3.61. The molecule has 4 heteroatoms. The number of ether oxygens (including phenoxy) is 1. The zero-order chi connectivity index (χ0) is 12.7. The summed E-state index contributed by atoms with van der Waals surface area (Å²) < 4.78 is 6.96. The third-order valence-corrected chi connectivity index (χ3v) is 1.95. The molecule has 0 aliphatic rings. The third kappa shape index (κ3) is 3.83. The van der Waals surface area contributed by atoms with Crippen molar-refractivity contribution in [1.29, 1.82) is 0 Å². The minimum absolute atomic E-state index is 0.507. The first-order chi connectivity index (χ1) is 8.21. The zero-order valence-corrected chi connectivity index (χ0v) is 10.6. The summed E-state index contributed by atoms with van der Waals surface area (Å²) in [6.45, 7) is 4.25. The van der Waals surface area contributed by atoms with E-state index < -0.39 is 0 Å². The number of hydrogen-bond acceptors (Lipinski definition) is 3. The summed E-state index contributed by atoms with van der Waals surface area (Å²) in [5.41, 5.74) is 6.50. The maximum atomic E-state index is 5.52. The average Bonchev–Trinajstić information content (AvgIpc) is 2.77. The van der Waals surface area contributed by atoms with Crippen LogP contribution >= 0.6 is 0 Å². The Balaban J connectivity index is 0.000000437. The highest BCUT2D eigenvalue weighted by molar-refractivity contribution is 5.41. The van der Waals surface area contributed by atoms with Crippen LogP contribution in [0.5, 0.6) is 5.75 Å². The van der Waals surface area contributed by atoms with E-state index in [1.54, 1.807) is 19.6 Å². The van der Waals surface area contributed by atoms with Gasteiger partial charge in [-0.05, 0) is 12.1 Å². The van der Waals surface area contributed by atoms with Crippen molar-refractivity contribution in [3.8, 4) is 11.4 Å². The number of aromatic nitrogens is 2. The van der Waals surface area contributed by atoms with E-state index in [1.807, 2.05) is 28.8 Å². The summed E-state index contributed by atoms with van der Waals surface area (Å²) in [6, 6.07) is 7.69. The van der Waals surface area contributed by atoms with E-state index in [9.17, 15) is 0 Å². The molecule has 0 amide bonds. The molecule has 0 fully saturated rings. The molecular weight excluding hydrogens is 214 g/mol. The Bertz CT molecular complexity index is 451. The Morgan fingerprint density at radius 1 is 1.35 bits per heavy atom. The van der Waals surface area contributed by atoms with Gasteiger partial charge in [-0.2, -0.15) is 0 Å². The van der Waals surface area contributed by atoms with Crippen molar-refractivity contribution < 1.29 is 4.74 Å². The molecule has 0 spiro atoms. The molecule has 2 aromatic rings. The lowest BCUT2D eigenvalue weighted by Gasteiger charge is -2.04. The summed E-state index contributed by atoms with van der Waals surface area (Å²) in [5.74, 6) is 1.32. The number of anilines is 1. The molecule has 0 bridgehead atoms. The fraction of sp³-hybridized carbons (Fsp3) is 0.308. The molecule has 1 heterocycles. The Labute approximate surface area is 102 Å². The Kier molecular flexibility index (Phi) is 5.07. The minimum Gasteiger partial charge on any atom is -0.497 e. The quantitative estimate of drug-likeness (QED) is 0.867. The van der Waals surface area contributed by atoms with E-state index in [2.05, 4.69) is 18.8 Å². The van der Waals surface area contributed by atoms with Crippen LogP contribution in [0.15, 0.2) is 36.8 Å². The summed E-state index contributed by atoms with van der Waals surface area (Å²) in [6.07, 6.45) is 4.68. The number of nitrogens with two attached hydrogens (primary N) is 1. The van der Waals surface area contributed by atoms with Crippen LogP contribution in [0.1, 0.15) is 20.3 Å². The fourth-order valence-electron chi connectivity index (χ4n) is 1.25. The lowest BCUT2D eigenvalue weighted by atomic mass is 10.3. The fourth-order valence-corrected chi connectivity index (χ4v) is 1.25. The highest BCUT2D eigenvalue weighted by atomic mass is 16.5. The normalized spacial score (nSPS) is 9.35. The van der Waals surface area contributed by atoms with Gasteiger partial charge >= 0.3 is 0 Å². The molecule has 17 heavy (non-hydrogen) atoms. The lowest BCUT2D eigenvalue weighted by Crippen LogP contribution is -1.91. The van der Waals surface area contributed by atoms with Gasteiger partial charge in [0.15, 0.2) is 0 Å². The van der Waals surface area contributed by atoms with Crippen LogP contribution in [0.25, 0.3) is 5.69 Å². The Morgan fingerprint density at radius 2 is 2.06 bits per heavy atom. The van der Waals surface area contributed by atoms with Crippen LogP contribution in [0.3, 0.4) is 0 Å². The predicted octanol–water partition coefficient (Wildman–Crippen LogP) is 2.88. The number of imidazole rings is 1. The third-order valence-electron chi connectivity index (χ3n) is 1.95. The molecule has 0 saturated carbocycles. The van der Waals surface area contributed by atoms with Gasteiger partial charge in [-0.25, -0.2) is 4.98 Å². The topological polar surface area (TPSA) is 53.1 Å². The van der Waals surface area contributed by atoms with Crippen molar-refractivity contribution >= 4 is 5.82 Å². The van der Waals surface area contributed by atoms with E-state index in [1.165, 1.54) is 6.42 Å². The SMILES string of the molecule is CCC.COc1cccc(-n2cnc(N)c2)c1. The van der Waals surface area contributed by atoms with Gasteiger partial charge < -0.3 is 15.0 Å². The second-order valence-corrected chi connectivity index (χ2v) is 3.61. The molecular formula is C13H19N3O. The molecule has 0 saturated heterocycles. The number of benzene rings is 1. The Morgan fingerprint density at radius 3 is 2.59 bits per heavy atom. The van der Waals surface area contributed by atoms with Crippen LogP contribution in [-0.4, -0.2) is 16.7 Å². The number of nitrogen functional groups attached to an aromatic ring is 1. The molecule has 2 rings (SSSR count). The van der Waals surface area contributed by atoms with Crippen molar-refractivity contribution in [2.45, 2.75) is 20.3 Å². The Hall–Kier alpha value is -1.97. The molecule has 0 atom stereocenters. The molecule has 1 aromatic heterocycles. The molecule has 0 radical (unpaired) electrons. The van der Waals surface area contributed by atoms with E-state index >= 15 is 0 Å². The van der Waals surface area contributed by atoms with Gasteiger partial charge in [-0.1, -0.05) is 26.3 Å². The molecule has 0 unspecified atom stereocenters. The average molecular weight is 233 g/mol. The van der Waals surface area contributed by atoms with E-state index in [0.717, 1.165) is 11.4 Å². The minimum atomic E-state index is 0.507. The van der Waals surface area contributed by atoms with Gasteiger partial charge in [0.25, 0.3) is 0 Å². The maximum Gasteiger partial charge on any atom is 0.141 e. The first-order valence-corrected chi connectivity index (χ1v) is 5.65. The number of hydrogen-bond donors (Lipinski definition) is 1. The van der Waals surface area contributed by atoms with Gasteiger partial charge in [0.05, 0.1) is 19.0 Å². The van der Waals surface area contributed by atoms with Gasteiger partial charge in [0.1, 0.15) is 17.9 Å². The van der Waals surface area contributed by atoms with Crippen LogP contribution in [-0.2, 0) is 0 Å². The van der Waals surface area contributed by atoms with Gasteiger partial charge in [0, 0.05) is 6.07 Å². The van der Waals surface area contributed by atoms with Crippen LogP contribution in [0.2, 0.25) is 0 Å². The summed E-state index contributed by atoms with van der Waals surface area (Å²) in [7, 11) is 1.64. The van der Waals surface area contributed by atoms with Crippen molar-refractivity contribution in [3.05, 3.63) is 36.8 Å². The van der Waals surface area contributed by atoms with Crippen LogP contribution in [0.4, 0.5) is 5.82 Å². The number of rotatable bonds is 2. The van der Waals surface area contributed by atoms with Crippen LogP contribution < -0.4 is 10.5 Å². The first kappa shape index (κ1) is 13.1. The van der Waals surface area contributed by atoms with Crippen molar-refractivity contribution in [2.24, 2.45) is 0 Å². The molecule has 2 N–H and O–H groups in total. The molecule has 0 aliphatic carbocycles. The lowest BCUT2D eigenvalue weighted by molar-refractivity contribution is 0.414. The molecule has 1 aromatic carbocycles. The van der Waals surface area contributed by atoms with Gasteiger partial charge in [0.2, 0.25) is 0 Å². The smallest absolute Gasteiger partial charge is 0.141 e. The van der Waals surface area contributed by atoms with Gasteiger partial charge in [-0.15, -0.1) is 0 Å². The highest BCUT2D eigenvalue weighted by Crippen LogP contribution is 2.16. The van der Waals surface area contributed by atoms with E-state index in [4.69, 9.17) is 10.5 Å². The standard InChI is InChI=1S/C10H11N3O.C3H8/c1-14-9-4-2-3-8(5-9)13-6-10(11)12-7-13;1-3-2/h2-7H,11H2,1H3;3H2,1-2H3. The number of methoxy groups -OCH3 is 1. The van der Waals surface area contributed by atoms with Crippen molar-refractivity contribution in [3.63, 3.8) is 0 Å². The number of nitrogens with zero attached hydrogens (tertiary/aromatic N) is 2. The van der Waals surface area contributed by atoms with Crippen LogP contribution in [0, 0.1) is 0 Å². The summed E-state index contributed by atoms with van der Waals surface area (Å²) >= 11 is 0. The molecule has 92 valence electrons. The van der Waals surface area contributed by atoms with Crippen molar-refractivity contribution in [2.75, 3.05) is 12.8 Å². The zero-order valence-electron chi connectivity index (χ0n) is 10.6. The largest absolute Gasteiger partial charge is 0.497 e. The molecule has 0 aliphatic heterocycles.